The molecule has 19 heavy (non-hydrogen) atoms. The van der Waals surface area contributed by atoms with Crippen LogP contribution in [0.5, 0.6) is 0 Å². The van der Waals surface area contributed by atoms with Crippen molar-refractivity contribution in [3.05, 3.63) is 0 Å². The quantitative estimate of drug-likeness (QED) is 0.805. The van der Waals surface area contributed by atoms with Crippen LogP contribution >= 0.6 is 0 Å². The molecule has 0 radical (unpaired) electrons. The van der Waals surface area contributed by atoms with Crippen LogP contribution in [0.25, 0.3) is 0 Å². The van der Waals surface area contributed by atoms with Gasteiger partial charge in [-0.3, -0.25) is 4.90 Å². The molecule has 0 aromatic rings. The summed E-state index contributed by atoms with van der Waals surface area (Å²) < 4.78 is 5.54. The molecule has 2 saturated carbocycles. The molecule has 1 unspecified atom stereocenters. The maximum Gasteiger partial charge on any atom is 0.0820 e. The van der Waals surface area contributed by atoms with Gasteiger partial charge < -0.3 is 10.5 Å². The molecule has 0 heterocycles. The first-order chi connectivity index (χ1) is 9.35. The van der Waals surface area contributed by atoms with Crippen LogP contribution in [-0.2, 0) is 4.74 Å². The lowest BCUT2D eigenvalue weighted by Crippen LogP contribution is -2.50. The summed E-state index contributed by atoms with van der Waals surface area (Å²) in [6.07, 6.45) is 14.3. The summed E-state index contributed by atoms with van der Waals surface area (Å²) in [6, 6.07) is 1.59. The van der Waals surface area contributed by atoms with Crippen LogP contribution in [0.15, 0.2) is 0 Å². The van der Waals surface area contributed by atoms with Crippen LogP contribution in [-0.4, -0.2) is 43.3 Å². The van der Waals surface area contributed by atoms with Gasteiger partial charge in [-0.2, -0.15) is 0 Å². The standard InChI is InChI=1S/C16H32N2O/c1-19-16(12-17)13-18(14-8-4-2-5-9-14)15-10-6-3-7-11-15/h14-16H,2-13,17H2,1H3. The van der Waals surface area contributed by atoms with Crippen LogP contribution in [0.1, 0.15) is 64.2 Å². The molecule has 0 aliphatic heterocycles. The Balaban J connectivity index is 1.97. The minimum atomic E-state index is 0.212. The molecule has 1 atom stereocenters. The summed E-state index contributed by atoms with van der Waals surface area (Å²) in [5.74, 6) is 0. The summed E-state index contributed by atoms with van der Waals surface area (Å²) in [6.45, 7) is 1.69. The summed E-state index contributed by atoms with van der Waals surface area (Å²) >= 11 is 0. The predicted molar refractivity (Wildman–Crippen MR) is 80.3 cm³/mol. The second-order valence-electron chi connectivity index (χ2n) is 6.37. The molecule has 0 aromatic heterocycles. The van der Waals surface area contributed by atoms with E-state index >= 15 is 0 Å². The fourth-order valence-electron chi connectivity index (χ4n) is 3.90. The van der Waals surface area contributed by atoms with Gasteiger partial charge in [0.05, 0.1) is 6.10 Å². The molecule has 0 saturated heterocycles. The number of methoxy groups -OCH3 is 1. The highest BCUT2D eigenvalue weighted by molar-refractivity contribution is 4.85. The fraction of sp³-hybridized carbons (Fsp3) is 1.00. The van der Waals surface area contributed by atoms with E-state index in [1.165, 1.54) is 64.2 Å². The highest BCUT2D eigenvalue weighted by Gasteiger charge is 2.30. The van der Waals surface area contributed by atoms with Crippen molar-refractivity contribution >= 4 is 0 Å². The molecule has 2 fully saturated rings. The molecule has 2 N–H and O–H groups in total. The van der Waals surface area contributed by atoms with Crippen LogP contribution in [0.4, 0.5) is 0 Å². The summed E-state index contributed by atoms with van der Waals surface area (Å²) in [5.41, 5.74) is 5.84. The fourth-order valence-corrected chi connectivity index (χ4v) is 3.90. The lowest BCUT2D eigenvalue weighted by molar-refractivity contribution is 0.0128. The van der Waals surface area contributed by atoms with Crippen molar-refractivity contribution in [2.45, 2.75) is 82.4 Å². The zero-order valence-electron chi connectivity index (χ0n) is 12.7. The van der Waals surface area contributed by atoms with Crippen molar-refractivity contribution in [1.29, 1.82) is 0 Å². The Bertz CT molecular complexity index is 213. The van der Waals surface area contributed by atoms with Gasteiger partial charge in [0, 0.05) is 32.3 Å². The van der Waals surface area contributed by atoms with E-state index in [2.05, 4.69) is 4.90 Å². The first kappa shape index (κ1) is 15.3. The number of rotatable bonds is 6. The second-order valence-corrected chi connectivity index (χ2v) is 6.37. The van der Waals surface area contributed by atoms with E-state index in [4.69, 9.17) is 10.5 Å². The molecule has 0 amide bonds. The van der Waals surface area contributed by atoms with E-state index < -0.39 is 0 Å². The molecule has 0 aromatic carbocycles. The maximum absolute atomic E-state index is 5.84. The average Bonchev–Trinajstić information content (AvgIpc) is 2.50. The lowest BCUT2D eigenvalue weighted by atomic mass is 9.88. The maximum atomic E-state index is 5.84. The molecule has 112 valence electrons. The van der Waals surface area contributed by atoms with Gasteiger partial charge in [0.1, 0.15) is 0 Å². The number of ether oxygens (including phenoxy) is 1. The highest BCUT2D eigenvalue weighted by Crippen LogP contribution is 2.30. The Morgan fingerprint density at radius 1 is 0.947 bits per heavy atom. The summed E-state index contributed by atoms with van der Waals surface area (Å²) in [5, 5.41) is 0. The zero-order chi connectivity index (χ0) is 13.5. The van der Waals surface area contributed by atoms with E-state index in [0.29, 0.717) is 6.54 Å². The molecule has 2 aliphatic carbocycles. The van der Waals surface area contributed by atoms with Gasteiger partial charge >= 0.3 is 0 Å². The van der Waals surface area contributed by atoms with E-state index in [1.807, 2.05) is 0 Å². The molecule has 3 nitrogen and oxygen atoms in total. The van der Waals surface area contributed by atoms with Gasteiger partial charge in [0.15, 0.2) is 0 Å². The topological polar surface area (TPSA) is 38.5 Å². The van der Waals surface area contributed by atoms with Crippen molar-refractivity contribution in [1.82, 2.24) is 4.90 Å². The first-order valence-corrected chi connectivity index (χ1v) is 8.33. The number of nitrogens with two attached hydrogens (primary N) is 1. The largest absolute Gasteiger partial charge is 0.379 e. The Labute approximate surface area is 118 Å². The first-order valence-electron chi connectivity index (χ1n) is 8.33. The zero-order valence-corrected chi connectivity index (χ0v) is 12.7. The monoisotopic (exact) mass is 268 g/mol. The number of hydrogen-bond acceptors (Lipinski definition) is 3. The van der Waals surface area contributed by atoms with Crippen molar-refractivity contribution < 1.29 is 4.74 Å². The lowest BCUT2D eigenvalue weighted by Gasteiger charge is -2.43. The van der Waals surface area contributed by atoms with Crippen LogP contribution in [0, 0.1) is 0 Å². The number of hydrogen-bond donors (Lipinski definition) is 1. The minimum Gasteiger partial charge on any atom is -0.379 e. The van der Waals surface area contributed by atoms with Crippen LogP contribution in [0.3, 0.4) is 0 Å². The third-order valence-corrected chi connectivity index (χ3v) is 5.10. The third-order valence-electron chi connectivity index (χ3n) is 5.10. The molecule has 0 spiro atoms. The van der Waals surface area contributed by atoms with E-state index in [-0.39, 0.29) is 6.10 Å². The van der Waals surface area contributed by atoms with Crippen molar-refractivity contribution in [2.75, 3.05) is 20.2 Å². The Kier molecular flexibility index (Phi) is 6.62. The van der Waals surface area contributed by atoms with Gasteiger partial charge in [0.2, 0.25) is 0 Å². The number of nitrogens with zero attached hydrogens (tertiary/aromatic N) is 1. The van der Waals surface area contributed by atoms with Crippen LogP contribution in [0.2, 0.25) is 0 Å². The average molecular weight is 268 g/mol. The van der Waals surface area contributed by atoms with Crippen LogP contribution < -0.4 is 5.73 Å². The normalized spacial score (nSPS) is 24.8. The van der Waals surface area contributed by atoms with E-state index in [9.17, 15) is 0 Å². The SMILES string of the molecule is COC(CN)CN(C1CCCCC1)C1CCCCC1. The summed E-state index contributed by atoms with van der Waals surface area (Å²) in [4.78, 5) is 2.78. The van der Waals surface area contributed by atoms with E-state index in [0.717, 1.165) is 18.6 Å². The molecule has 3 heteroatoms. The minimum absolute atomic E-state index is 0.212. The molecule has 0 bridgehead atoms. The Morgan fingerprint density at radius 3 is 1.79 bits per heavy atom. The van der Waals surface area contributed by atoms with Gasteiger partial charge in [0.25, 0.3) is 0 Å². The Morgan fingerprint density at radius 2 is 1.42 bits per heavy atom. The van der Waals surface area contributed by atoms with E-state index in [1.54, 1.807) is 7.11 Å². The van der Waals surface area contributed by atoms with Crippen molar-refractivity contribution in [3.8, 4) is 0 Å². The molecular formula is C16H32N2O. The van der Waals surface area contributed by atoms with Crippen molar-refractivity contribution in [3.63, 3.8) is 0 Å². The smallest absolute Gasteiger partial charge is 0.0820 e. The molecule has 2 rings (SSSR count). The van der Waals surface area contributed by atoms with Gasteiger partial charge in [-0.25, -0.2) is 0 Å². The third kappa shape index (κ3) is 4.44. The Hall–Kier alpha value is -0.120. The van der Waals surface area contributed by atoms with Gasteiger partial charge in [-0.1, -0.05) is 38.5 Å². The second kappa shape index (κ2) is 8.23. The predicted octanol–water partition coefficient (Wildman–Crippen LogP) is 2.93. The summed E-state index contributed by atoms with van der Waals surface area (Å²) in [7, 11) is 1.80. The molecule has 2 aliphatic rings. The highest BCUT2D eigenvalue weighted by atomic mass is 16.5. The van der Waals surface area contributed by atoms with Gasteiger partial charge in [-0.05, 0) is 25.7 Å². The van der Waals surface area contributed by atoms with Crippen molar-refractivity contribution in [2.24, 2.45) is 5.73 Å². The van der Waals surface area contributed by atoms with Gasteiger partial charge in [-0.15, -0.1) is 0 Å². The molecular weight excluding hydrogens is 236 g/mol.